The minimum absolute atomic E-state index is 0.0630. The van der Waals surface area contributed by atoms with Crippen LogP contribution in [0.2, 0.25) is 0 Å². The van der Waals surface area contributed by atoms with Crippen LogP contribution in [0, 0.1) is 0 Å². The molecule has 67 heavy (non-hydrogen) atoms. The molecule has 0 fully saturated rings. The Bertz CT molecular complexity index is 4070. The smallest absolute Gasteiger partial charge is 0.209 e. The van der Waals surface area contributed by atoms with Gasteiger partial charge in [-0.1, -0.05) is 194 Å². The van der Waals surface area contributed by atoms with Crippen molar-refractivity contribution in [1.82, 2.24) is 14.5 Å². The van der Waals surface area contributed by atoms with E-state index in [0.29, 0.717) is 0 Å². The number of rotatable bonds is 5. The van der Waals surface area contributed by atoms with Crippen LogP contribution in [0.3, 0.4) is 0 Å². The number of aliphatic imine (C=N–C) groups is 1. The number of hydrogen-bond acceptors (Lipinski definition) is 3. The van der Waals surface area contributed by atoms with Crippen molar-refractivity contribution in [3.8, 4) is 27.9 Å². The molecule has 1 atom stereocenters. The highest BCUT2D eigenvalue weighted by Gasteiger charge is 2.33. The monoisotopic (exact) mass is 872 g/mol. The molecule has 1 unspecified atom stereocenters. The molecule has 5 heteroatoms. The lowest BCUT2D eigenvalue weighted by molar-refractivity contribution is 0.835. The van der Waals surface area contributed by atoms with E-state index in [1.807, 2.05) is 11.8 Å². The molecule has 10 aromatic carbocycles. The lowest BCUT2D eigenvalue weighted by Crippen LogP contribution is -2.40. The molecule has 2 aliphatic heterocycles. The molecule has 0 spiro atoms. The molecule has 0 amide bonds. The number of para-hydroxylation sites is 2. The van der Waals surface area contributed by atoms with Crippen LogP contribution in [0.1, 0.15) is 11.1 Å². The fourth-order valence-corrected chi connectivity index (χ4v) is 11.8. The quantitative estimate of drug-likeness (QED) is 0.187. The van der Waals surface area contributed by atoms with E-state index in [0.717, 1.165) is 33.9 Å². The first kappa shape index (κ1) is 37.9. The first-order valence-electron chi connectivity index (χ1n) is 22.9. The van der Waals surface area contributed by atoms with Crippen molar-refractivity contribution < 1.29 is 0 Å². The fraction of sp³-hybridized carbons (Fsp3) is 0.0161. The van der Waals surface area contributed by atoms with E-state index in [1.165, 1.54) is 91.8 Å². The predicted molar refractivity (Wildman–Crippen MR) is 285 cm³/mol. The van der Waals surface area contributed by atoms with Gasteiger partial charge in [-0.25, -0.2) is 4.99 Å². The van der Waals surface area contributed by atoms with Gasteiger partial charge in [0, 0.05) is 48.0 Å². The minimum Gasteiger partial charge on any atom is -0.344 e. The SMILES string of the molecule is C1=C(c2ccccc2)SC2=C(c3ccc(-c4cccc5ccccc45)cc3)N=C(n3c4ccc(-c5ccc6c(c5)c5ccccc5n6-c5ccccc5)cc4c4ccc5ccccc5c43)NC12. The zero-order chi connectivity index (χ0) is 44.0. The second-order valence-electron chi connectivity index (χ2n) is 17.5. The van der Waals surface area contributed by atoms with Gasteiger partial charge >= 0.3 is 0 Å². The summed E-state index contributed by atoms with van der Waals surface area (Å²) in [5, 5.41) is 13.7. The summed E-state index contributed by atoms with van der Waals surface area (Å²) in [6, 6.07) is 81.5. The largest absolute Gasteiger partial charge is 0.344 e. The molecular formula is C62H40N4S. The summed E-state index contributed by atoms with van der Waals surface area (Å²) in [4.78, 5) is 8.13. The first-order valence-corrected chi connectivity index (χ1v) is 23.7. The molecule has 2 aliphatic rings. The van der Waals surface area contributed by atoms with Crippen molar-refractivity contribution in [3.05, 3.63) is 247 Å². The number of nitrogens with zero attached hydrogens (tertiary/aromatic N) is 3. The highest BCUT2D eigenvalue weighted by molar-refractivity contribution is 8.12. The number of benzene rings is 10. The molecule has 4 heterocycles. The molecule has 314 valence electrons. The van der Waals surface area contributed by atoms with Crippen molar-refractivity contribution in [3.63, 3.8) is 0 Å². The molecule has 0 saturated carbocycles. The second kappa shape index (κ2) is 15.1. The van der Waals surface area contributed by atoms with Gasteiger partial charge in [0.2, 0.25) is 5.96 Å². The highest BCUT2D eigenvalue weighted by Crippen LogP contribution is 2.48. The van der Waals surface area contributed by atoms with E-state index in [1.54, 1.807) is 0 Å². The van der Waals surface area contributed by atoms with Crippen molar-refractivity contribution >= 4 is 93.5 Å². The van der Waals surface area contributed by atoms with Crippen molar-refractivity contribution in [1.29, 1.82) is 0 Å². The summed E-state index contributed by atoms with van der Waals surface area (Å²) in [5.41, 5.74) is 13.9. The Hall–Kier alpha value is -8.38. The van der Waals surface area contributed by atoms with Crippen LogP contribution >= 0.6 is 11.8 Å². The van der Waals surface area contributed by atoms with Crippen LogP contribution in [0.25, 0.3) is 104 Å². The van der Waals surface area contributed by atoms with Gasteiger partial charge in [0.05, 0.1) is 33.8 Å². The lowest BCUT2D eigenvalue weighted by Gasteiger charge is -2.25. The van der Waals surface area contributed by atoms with Gasteiger partial charge in [-0.3, -0.25) is 4.57 Å². The zero-order valence-electron chi connectivity index (χ0n) is 36.3. The van der Waals surface area contributed by atoms with Crippen LogP contribution in [0.15, 0.2) is 240 Å². The Morgan fingerprint density at radius 1 is 0.403 bits per heavy atom. The van der Waals surface area contributed by atoms with E-state index >= 15 is 0 Å². The molecule has 4 nitrogen and oxygen atoms in total. The Kier molecular flexibility index (Phi) is 8.55. The second-order valence-corrected chi connectivity index (χ2v) is 18.6. The van der Waals surface area contributed by atoms with E-state index in [2.05, 4.69) is 245 Å². The zero-order valence-corrected chi connectivity index (χ0v) is 37.1. The van der Waals surface area contributed by atoms with Crippen LogP contribution < -0.4 is 5.32 Å². The van der Waals surface area contributed by atoms with E-state index in [-0.39, 0.29) is 6.04 Å². The Balaban J connectivity index is 0.947. The third kappa shape index (κ3) is 6.05. The minimum atomic E-state index is -0.0630. The third-order valence-corrected chi connectivity index (χ3v) is 15.0. The van der Waals surface area contributed by atoms with Crippen molar-refractivity contribution in [2.75, 3.05) is 0 Å². The maximum absolute atomic E-state index is 5.69. The molecule has 0 bridgehead atoms. The number of nitrogens with one attached hydrogen (secondary N) is 1. The summed E-state index contributed by atoms with van der Waals surface area (Å²) < 4.78 is 4.76. The number of hydrogen-bond donors (Lipinski definition) is 1. The molecular weight excluding hydrogens is 833 g/mol. The van der Waals surface area contributed by atoms with Gasteiger partial charge in [-0.15, -0.1) is 0 Å². The molecule has 0 saturated heterocycles. The normalized spacial score (nSPS) is 14.9. The maximum atomic E-state index is 5.69. The molecule has 12 aromatic rings. The Morgan fingerprint density at radius 2 is 0.985 bits per heavy atom. The average Bonchev–Trinajstić information content (AvgIpc) is 4.09. The molecule has 2 aromatic heterocycles. The van der Waals surface area contributed by atoms with Crippen molar-refractivity contribution in [2.24, 2.45) is 4.99 Å². The van der Waals surface area contributed by atoms with E-state index in [9.17, 15) is 0 Å². The van der Waals surface area contributed by atoms with Gasteiger partial charge < -0.3 is 9.88 Å². The molecule has 14 rings (SSSR count). The Morgan fingerprint density at radius 3 is 1.76 bits per heavy atom. The molecule has 0 aliphatic carbocycles. The summed E-state index contributed by atoms with van der Waals surface area (Å²) in [7, 11) is 0. The van der Waals surface area contributed by atoms with Gasteiger partial charge in [0.1, 0.15) is 0 Å². The standard InChI is InChI=1S/C62H40N4S/c1-3-16-42(17-4-1)58-38-54-61(67-58)59(43-28-26-41(27-29-43)48-24-13-18-39-14-7-9-21-47(39)48)64-62(63-54)66-57-35-32-45(37-53(57)51-33-30-40-15-8-10-22-49(40)60(51)66)44-31-34-56-52(36-44)50-23-11-12-25-55(50)65(56)46-19-5-2-6-20-46/h1-38,54H,(H,63,64). The summed E-state index contributed by atoms with van der Waals surface area (Å²) in [6.07, 6.45) is 2.38. The van der Waals surface area contributed by atoms with Gasteiger partial charge in [0.15, 0.2) is 0 Å². The molecule has 0 radical (unpaired) electrons. The fourth-order valence-electron chi connectivity index (χ4n) is 10.6. The number of fused-ring (bicyclic) bond motifs is 10. The molecule has 1 N–H and O–H groups in total. The first-order chi connectivity index (χ1) is 33.2. The lowest BCUT2D eigenvalue weighted by atomic mass is 9.97. The maximum Gasteiger partial charge on any atom is 0.209 e. The van der Waals surface area contributed by atoms with Crippen LogP contribution in [-0.2, 0) is 0 Å². The topological polar surface area (TPSA) is 34.2 Å². The third-order valence-electron chi connectivity index (χ3n) is 13.8. The van der Waals surface area contributed by atoms with Gasteiger partial charge in [-0.2, -0.15) is 0 Å². The Labute approximate surface area is 391 Å². The van der Waals surface area contributed by atoms with Crippen LogP contribution in [0.5, 0.6) is 0 Å². The number of thioether (sulfide) groups is 1. The van der Waals surface area contributed by atoms with Gasteiger partial charge in [-0.05, 0) is 92.5 Å². The van der Waals surface area contributed by atoms with Crippen molar-refractivity contribution in [2.45, 2.75) is 6.04 Å². The van der Waals surface area contributed by atoms with Crippen LogP contribution in [-0.4, -0.2) is 21.1 Å². The summed E-state index contributed by atoms with van der Waals surface area (Å²) in [5.74, 6) is 0.812. The van der Waals surface area contributed by atoms with E-state index in [4.69, 9.17) is 4.99 Å². The average molecular weight is 873 g/mol. The van der Waals surface area contributed by atoms with E-state index < -0.39 is 0 Å². The highest BCUT2D eigenvalue weighted by atomic mass is 32.2. The predicted octanol–water partition coefficient (Wildman–Crippen LogP) is 15.9. The van der Waals surface area contributed by atoms with Gasteiger partial charge in [0.25, 0.3) is 0 Å². The summed E-state index contributed by atoms with van der Waals surface area (Å²) >= 11 is 1.82. The van der Waals surface area contributed by atoms with Crippen LogP contribution in [0.4, 0.5) is 0 Å². The number of aromatic nitrogens is 2. The summed E-state index contributed by atoms with van der Waals surface area (Å²) in [6.45, 7) is 0.